The lowest BCUT2D eigenvalue weighted by Gasteiger charge is -2.06. The van der Waals surface area contributed by atoms with Crippen molar-refractivity contribution in [3.8, 4) is 11.5 Å². The zero-order valence-electron chi connectivity index (χ0n) is 13.3. The second-order valence-corrected chi connectivity index (χ2v) is 4.82. The van der Waals surface area contributed by atoms with E-state index in [-0.39, 0.29) is 5.91 Å². The number of amides is 1. The molecule has 1 amide bonds. The van der Waals surface area contributed by atoms with Gasteiger partial charge in [-0.3, -0.25) is 4.79 Å². The highest BCUT2D eigenvalue weighted by Gasteiger charge is 2.09. The lowest BCUT2D eigenvalue weighted by molar-refractivity contribution is 0.0952. The first-order chi connectivity index (χ1) is 11.2. The van der Waals surface area contributed by atoms with Crippen molar-refractivity contribution >= 4 is 12.1 Å². The van der Waals surface area contributed by atoms with E-state index in [9.17, 15) is 4.79 Å². The number of ether oxygens (including phenoxy) is 2. The predicted octanol–water partition coefficient (Wildman–Crippen LogP) is 3.25. The molecule has 0 saturated heterocycles. The first-order valence-corrected chi connectivity index (χ1v) is 7.44. The van der Waals surface area contributed by atoms with Gasteiger partial charge in [-0.2, -0.15) is 5.10 Å². The molecule has 0 bridgehead atoms. The van der Waals surface area contributed by atoms with Gasteiger partial charge >= 0.3 is 0 Å². The van der Waals surface area contributed by atoms with Crippen molar-refractivity contribution in [2.45, 2.75) is 13.3 Å². The maximum absolute atomic E-state index is 12.1. The van der Waals surface area contributed by atoms with Gasteiger partial charge in [0.2, 0.25) is 0 Å². The van der Waals surface area contributed by atoms with E-state index in [1.54, 1.807) is 30.5 Å². The number of carbonyl (C=O) groups is 1. The SMILES string of the molecule is CCCOc1cccc(/C=N/NC(=O)c2ccccc2OC)c1. The molecule has 120 valence electrons. The van der Waals surface area contributed by atoms with Crippen molar-refractivity contribution in [1.82, 2.24) is 5.43 Å². The van der Waals surface area contributed by atoms with Crippen LogP contribution in [-0.2, 0) is 0 Å². The fourth-order valence-corrected chi connectivity index (χ4v) is 1.96. The van der Waals surface area contributed by atoms with E-state index in [2.05, 4.69) is 17.5 Å². The molecule has 5 heteroatoms. The van der Waals surface area contributed by atoms with E-state index in [0.717, 1.165) is 17.7 Å². The molecule has 0 radical (unpaired) electrons. The van der Waals surface area contributed by atoms with Crippen molar-refractivity contribution in [3.05, 3.63) is 59.7 Å². The quantitative estimate of drug-likeness (QED) is 0.630. The third-order valence-corrected chi connectivity index (χ3v) is 3.06. The van der Waals surface area contributed by atoms with E-state index in [1.165, 1.54) is 7.11 Å². The molecule has 0 aliphatic rings. The molecule has 0 atom stereocenters. The molecule has 0 unspecified atom stereocenters. The van der Waals surface area contributed by atoms with Gasteiger partial charge in [-0.15, -0.1) is 0 Å². The van der Waals surface area contributed by atoms with Gasteiger partial charge in [0.05, 0.1) is 25.5 Å². The molecule has 0 aliphatic heterocycles. The summed E-state index contributed by atoms with van der Waals surface area (Å²) in [6.07, 6.45) is 2.53. The summed E-state index contributed by atoms with van der Waals surface area (Å²) in [5.74, 6) is 0.971. The Bertz CT molecular complexity index is 683. The minimum atomic E-state index is -0.322. The minimum Gasteiger partial charge on any atom is -0.496 e. The topological polar surface area (TPSA) is 59.9 Å². The zero-order valence-corrected chi connectivity index (χ0v) is 13.3. The normalized spacial score (nSPS) is 10.5. The highest BCUT2D eigenvalue weighted by Crippen LogP contribution is 2.16. The Morgan fingerprint density at radius 1 is 1.22 bits per heavy atom. The van der Waals surface area contributed by atoms with Gasteiger partial charge in [0.25, 0.3) is 5.91 Å². The molecule has 2 rings (SSSR count). The molecule has 0 saturated carbocycles. The number of nitrogens with zero attached hydrogens (tertiary/aromatic N) is 1. The summed E-state index contributed by atoms with van der Waals surface area (Å²) in [5.41, 5.74) is 3.78. The molecule has 2 aromatic carbocycles. The molecular weight excluding hydrogens is 292 g/mol. The van der Waals surface area contributed by atoms with E-state index in [1.807, 2.05) is 24.3 Å². The largest absolute Gasteiger partial charge is 0.496 e. The number of para-hydroxylation sites is 1. The highest BCUT2D eigenvalue weighted by molar-refractivity contribution is 5.97. The van der Waals surface area contributed by atoms with E-state index in [0.29, 0.717) is 17.9 Å². The summed E-state index contributed by atoms with van der Waals surface area (Å²) in [5, 5.41) is 3.98. The number of hydrazone groups is 1. The van der Waals surface area contributed by atoms with Crippen LogP contribution in [0.1, 0.15) is 29.3 Å². The number of nitrogens with one attached hydrogen (secondary N) is 1. The average Bonchev–Trinajstić information content (AvgIpc) is 2.60. The molecule has 0 aromatic heterocycles. The van der Waals surface area contributed by atoms with Crippen LogP contribution in [0.5, 0.6) is 11.5 Å². The second kappa shape index (κ2) is 8.58. The minimum absolute atomic E-state index is 0.322. The van der Waals surface area contributed by atoms with Gasteiger partial charge in [0, 0.05) is 0 Å². The highest BCUT2D eigenvalue weighted by atomic mass is 16.5. The molecule has 0 heterocycles. The summed E-state index contributed by atoms with van der Waals surface area (Å²) in [4.78, 5) is 12.1. The van der Waals surface area contributed by atoms with Gasteiger partial charge in [0.1, 0.15) is 11.5 Å². The van der Waals surface area contributed by atoms with Gasteiger partial charge in [-0.05, 0) is 36.2 Å². The lowest BCUT2D eigenvalue weighted by atomic mass is 10.2. The Labute approximate surface area is 135 Å². The monoisotopic (exact) mass is 312 g/mol. The third kappa shape index (κ3) is 4.85. The molecule has 0 aliphatic carbocycles. The van der Waals surface area contributed by atoms with Crippen LogP contribution in [0.4, 0.5) is 0 Å². The molecule has 1 N–H and O–H groups in total. The van der Waals surface area contributed by atoms with Gasteiger partial charge < -0.3 is 9.47 Å². The lowest BCUT2D eigenvalue weighted by Crippen LogP contribution is -2.18. The first-order valence-electron chi connectivity index (χ1n) is 7.44. The maximum atomic E-state index is 12.1. The van der Waals surface area contributed by atoms with Crippen molar-refractivity contribution in [2.24, 2.45) is 5.10 Å². The summed E-state index contributed by atoms with van der Waals surface area (Å²) in [6.45, 7) is 2.73. The van der Waals surface area contributed by atoms with Gasteiger partial charge in [-0.25, -0.2) is 5.43 Å². The van der Waals surface area contributed by atoms with Crippen LogP contribution in [0, 0.1) is 0 Å². The summed E-state index contributed by atoms with van der Waals surface area (Å²) in [7, 11) is 1.52. The second-order valence-electron chi connectivity index (χ2n) is 4.82. The zero-order chi connectivity index (χ0) is 16.5. The average molecular weight is 312 g/mol. The molecule has 0 fully saturated rings. The van der Waals surface area contributed by atoms with E-state index in [4.69, 9.17) is 9.47 Å². The van der Waals surface area contributed by atoms with Crippen molar-refractivity contribution in [2.75, 3.05) is 13.7 Å². The number of hydrogen-bond donors (Lipinski definition) is 1. The fourth-order valence-electron chi connectivity index (χ4n) is 1.96. The Kier molecular flexibility index (Phi) is 6.17. The van der Waals surface area contributed by atoms with Crippen LogP contribution in [-0.4, -0.2) is 25.8 Å². The summed E-state index contributed by atoms with van der Waals surface area (Å²) >= 11 is 0. The van der Waals surface area contributed by atoms with E-state index >= 15 is 0 Å². The van der Waals surface area contributed by atoms with Gasteiger partial charge in [0.15, 0.2) is 0 Å². The molecule has 0 spiro atoms. The Morgan fingerprint density at radius 3 is 2.83 bits per heavy atom. The number of benzene rings is 2. The summed E-state index contributed by atoms with van der Waals surface area (Å²) in [6, 6.07) is 14.5. The first kappa shape index (κ1) is 16.5. The Hall–Kier alpha value is -2.82. The predicted molar refractivity (Wildman–Crippen MR) is 90.3 cm³/mol. The smallest absolute Gasteiger partial charge is 0.275 e. The van der Waals surface area contributed by atoms with Crippen LogP contribution < -0.4 is 14.9 Å². The standard InChI is InChI=1S/C18H20N2O3/c1-3-11-23-15-8-6-7-14(12-15)13-19-20-18(21)16-9-4-5-10-17(16)22-2/h4-10,12-13H,3,11H2,1-2H3,(H,20,21)/b19-13+. The molecule has 2 aromatic rings. The Morgan fingerprint density at radius 2 is 2.04 bits per heavy atom. The number of rotatable bonds is 7. The Balaban J connectivity index is 1.99. The number of methoxy groups -OCH3 is 1. The van der Waals surface area contributed by atoms with Crippen molar-refractivity contribution < 1.29 is 14.3 Å². The van der Waals surface area contributed by atoms with Gasteiger partial charge in [-0.1, -0.05) is 31.2 Å². The van der Waals surface area contributed by atoms with Crippen molar-refractivity contribution in [1.29, 1.82) is 0 Å². The number of hydrogen-bond acceptors (Lipinski definition) is 4. The third-order valence-electron chi connectivity index (χ3n) is 3.06. The maximum Gasteiger partial charge on any atom is 0.275 e. The fraction of sp³-hybridized carbons (Fsp3) is 0.222. The number of carbonyl (C=O) groups excluding carboxylic acids is 1. The van der Waals surface area contributed by atoms with Crippen LogP contribution in [0.25, 0.3) is 0 Å². The van der Waals surface area contributed by atoms with Crippen LogP contribution in [0.3, 0.4) is 0 Å². The molecule has 23 heavy (non-hydrogen) atoms. The van der Waals surface area contributed by atoms with E-state index < -0.39 is 0 Å². The van der Waals surface area contributed by atoms with Crippen molar-refractivity contribution in [3.63, 3.8) is 0 Å². The summed E-state index contributed by atoms with van der Waals surface area (Å²) < 4.78 is 10.7. The van der Waals surface area contributed by atoms with Crippen LogP contribution in [0.15, 0.2) is 53.6 Å². The molecule has 5 nitrogen and oxygen atoms in total. The van der Waals surface area contributed by atoms with Crippen LogP contribution >= 0.6 is 0 Å². The van der Waals surface area contributed by atoms with Crippen LogP contribution in [0.2, 0.25) is 0 Å². The molecular formula is C18H20N2O3.